The zero-order valence-electron chi connectivity index (χ0n) is 23.9. The Morgan fingerprint density at radius 1 is 1.00 bits per heavy atom. The summed E-state index contributed by atoms with van der Waals surface area (Å²) < 4.78 is 6.45. The average Bonchev–Trinajstić information content (AvgIpc) is 3.03. The van der Waals surface area contributed by atoms with E-state index in [4.69, 9.17) is 11.3 Å². The van der Waals surface area contributed by atoms with Gasteiger partial charge < -0.3 is 14.6 Å². The van der Waals surface area contributed by atoms with Gasteiger partial charge in [-0.3, -0.25) is 9.59 Å². The highest BCUT2D eigenvalue weighted by Crippen LogP contribution is 2.78. The van der Waals surface area contributed by atoms with Crippen molar-refractivity contribution >= 4 is 17.5 Å². The van der Waals surface area contributed by atoms with Crippen LogP contribution < -0.4 is 0 Å². The number of rotatable bonds is 1. The molecule has 0 amide bonds. The molecule has 6 rings (SSSR count). The Hall–Kier alpha value is -2.26. The zero-order chi connectivity index (χ0) is 27.9. The van der Waals surface area contributed by atoms with Gasteiger partial charge in [0.1, 0.15) is 0 Å². The molecule has 0 aromatic rings. The predicted molar refractivity (Wildman–Crippen MR) is 141 cm³/mol. The molecule has 5 aliphatic carbocycles. The van der Waals surface area contributed by atoms with Crippen LogP contribution in [0.25, 0.3) is 4.85 Å². The minimum absolute atomic E-state index is 0.0261. The van der Waals surface area contributed by atoms with E-state index >= 15 is 0 Å². The first-order chi connectivity index (χ1) is 17.5. The van der Waals surface area contributed by atoms with Crippen LogP contribution >= 0.6 is 0 Å². The van der Waals surface area contributed by atoms with Gasteiger partial charge in [-0.15, -0.1) is 0 Å². The lowest BCUT2D eigenvalue weighted by Crippen LogP contribution is -2.72. The molecule has 0 radical (unpaired) electrons. The van der Waals surface area contributed by atoms with Crippen LogP contribution in [0.1, 0.15) is 93.4 Å². The number of nitrogens with zero attached hydrogens (tertiary/aromatic N) is 1. The van der Waals surface area contributed by atoms with E-state index in [1.807, 2.05) is 6.92 Å². The highest BCUT2D eigenvalue weighted by molar-refractivity contribution is 6.06. The van der Waals surface area contributed by atoms with E-state index in [2.05, 4.69) is 32.5 Å². The summed E-state index contributed by atoms with van der Waals surface area (Å²) in [5.74, 6) is -1.02. The summed E-state index contributed by atoms with van der Waals surface area (Å²) in [7, 11) is 0. The molecule has 1 saturated heterocycles. The van der Waals surface area contributed by atoms with Crippen LogP contribution in [0.3, 0.4) is 0 Å². The summed E-state index contributed by atoms with van der Waals surface area (Å²) >= 11 is 0. The average molecular weight is 520 g/mol. The highest BCUT2D eigenvalue weighted by atomic mass is 16.6. The van der Waals surface area contributed by atoms with E-state index < -0.39 is 38.8 Å². The van der Waals surface area contributed by atoms with E-state index in [0.717, 1.165) is 44.1 Å². The van der Waals surface area contributed by atoms with Crippen molar-refractivity contribution < 1.29 is 24.2 Å². The molecule has 1 N–H and O–H groups in total. The molecule has 6 aliphatic rings. The molecule has 2 bridgehead atoms. The number of ether oxygens (including phenoxy) is 1. The molecule has 1 spiro atoms. The molecular weight excluding hydrogens is 478 g/mol. The lowest BCUT2D eigenvalue weighted by molar-refractivity contribution is -0.207. The topological polar surface area (TPSA) is 85.0 Å². The van der Waals surface area contributed by atoms with Gasteiger partial charge in [0.25, 0.3) is 0 Å². The molecule has 38 heavy (non-hydrogen) atoms. The summed E-state index contributed by atoms with van der Waals surface area (Å²) in [6, 6.07) is 0. The van der Waals surface area contributed by atoms with Crippen molar-refractivity contribution in [2.75, 3.05) is 0 Å². The largest absolute Gasteiger partial charge is 0.449 e. The molecule has 204 valence electrons. The summed E-state index contributed by atoms with van der Waals surface area (Å²) in [6.45, 7) is 22.1. The molecule has 1 unspecified atom stereocenters. The van der Waals surface area contributed by atoms with Crippen LogP contribution in [0.5, 0.6) is 0 Å². The van der Waals surface area contributed by atoms with Crippen molar-refractivity contribution in [1.29, 1.82) is 0 Å². The lowest BCUT2D eigenvalue weighted by atomic mass is 9.33. The second-order valence-electron chi connectivity index (χ2n) is 15.1. The first-order valence-electron chi connectivity index (χ1n) is 14.3. The molecule has 1 heterocycles. The highest BCUT2D eigenvalue weighted by Gasteiger charge is 2.82. The van der Waals surface area contributed by atoms with Gasteiger partial charge in [-0.2, -0.15) is 0 Å². The zero-order valence-corrected chi connectivity index (χ0v) is 23.9. The Labute approximate surface area is 226 Å². The van der Waals surface area contributed by atoms with Crippen LogP contribution in [0.4, 0.5) is 0 Å². The summed E-state index contributed by atoms with van der Waals surface area (Å²) in [4.78, 5) is 45.4. The molecule has 3 saturated carbocycles. The van der Waals surface area contributed by atoms with E-state index in [9.17, 15) is 19.5 Å². The lowest BCUT2D eigenvalue weighted by Gasteiger charge is -2.69. The molecule has 9 atom stereocenters. The summed E-state index contributed by atoms with van der Waals surface area (Å²) in [6.07, 6.45) is 7.96. The molecule has 6 nitrogen and oxygen atoms in total. The van der Waals surface area contributed by atoms with Crippen molar-refractivity contribution in [1.82, 2.24) is 0 Å². The number of carbonyl (C=O) groups is 3. The minimum atomic E-state index is -1.19. The van der Waals surface area contributed by atoms with Crippen LogP contribution in [0.2, 0.25) is 0 Å². The Morgan fingerprint density at radius 2 is 1.66 bits per heavy atom. The number of allylic oxidation sites excluding steroid dienone is 3. The van der Waals surface area contributed by atoms with Crippen molar-refractivity contribution in [2.45, 2.75) is 105 Å². The third-order valence-electron chi connectivity index (χ3n) is 13.3. The molecule has 6 heteroatoms. The summed E-state index contributed by atoms with van der Waals surface area (Å²) in [5.41, 5.74) is -3.73. The van der Waals surface area contributed by atoms with Crippen molar-refractivity contribution in [2.24, 2.45) is 44.3 Å². The third-order valence-corrected chi connectivity index (χ3v) is 13.3. The van der Waals surface area contributed by atoms with Crippen LogP contribution in [0, 0.1) is 50.9 Å². The number of aliphatic hydroxyl groups is 1. The number of aliphatic hydroxyl groups excluding tert-OH is 1. The van der Waals surface area contributed by atoms with Gasteiger partial charge in [0.05, 0.1) is 18.1 Å². The van der Waals surface area contributed by atoms with Gasteiger partial charge in [-0.1, -0.05) is 53.2 Å². The monoisotopic (exact) mass is 519 g/mol. The Bertz CT molecular complexity index is 1300. The standard InChI is InChI=1S/C32H41NO5/c1-18(34)30(7)20-9-10-28(5)21(27(20,4)16-19(33-8)24(30)36)15-23(35)32-22-17-26(2,3)11-13-31(22,25(37)38-32)14-12-29(28,32)6/h15-16,18,20,22,34H,9-14,17H2,1-7H3/t18?,20-,22-,27+,28-,29+,30+,31+,32-/m1/s1. The fourth-order valence-electron chi connectivity index (χ4n) is 10.6. The SMILES string of the molecule is [C-]#[N+]C1=C[C@]2(C)C3=CC(=O)[C@]45OC(=O)[C@@]6(CCC(C)(C)C[C@H]64)CC[C@@]5(C)[C@]3(C)CC[C@H]2[C@](C)(C(C)O)C1=O. The van der Waals surface area contributed by atoms with Crippen molar-refractivity contribution in [3.63, 3.8) is 0 Å². The second kappa shape index (κ2) is 7.08. The van der Waals surface area contributed by atoms with Crippen molar-refractivity contribution in [3.05, 3.63) is 34.8 Å². The maximum Gasteiger partial charge on any atom is 0.313 e. The number of hydrogen-bond donors (Lipinski definition) is 1. The maximum absolute atomic E-state index is 14.6. The van der Waals surface area contributed by atoms with Crippen LogP contribution in [-0.4, -0.2) is 34.3 Å². The maximum atomic E-state index is 14.6. The van der Waals surface area contributed by atoms with E-state index in [0.29, 0.717) is 6.42 Å². The fourth-order valence-corrected chi connectivity index (χ4v) is 10.6. The van der Waals surface area contributed by atoms with Gasteiger partial charge >= 0.3 is 5.97 Å². The van der Waals surface area contributed by atoms with Gasteiger partial charge in [0.2, 0.25) is 5.70 Å². The number of esters is 1. The number of ketones is 2. The minimum Gasteiger partial charge on any atom is -0.449 e. The molecule has 0 aromatic carbocycles. The van der Waals surface area contributed by atoms with Gasteiger partial charge in [-0.05, 0) is 74.7 Å². The first kappa shape index (κ1) is 26.0. The van der Waals surface area contributed by atoms with Crippen LogP contribution in [-0.2, 0) is 19.1 Å². The Kier molecular flexibility index (Phi) is 4.84. The number of carbonyl (C=O) groups excluding carboxylic acids is 3. The predicted octanol–water partition coefficient (Wildman–Crippen LogP) is 5.60. The Morgan fingerprint density at radius 3 is 2.29 bits per heavy atom. The first-order valence-corrected chi connectivity index (χ1v) is 14.3. The smallest absolute Gasteiger partial charge is 0.313 e. The summed E-state index contributed by atoms with van der Waals surface area (Å²) in [5, 5.41) is 10.9. The van der Waals surface area contributed by atoms with Gasteiger partial charge in [0.15, 0.2) is 17.2 Å². The van der Waals surface area contributed by atoms with E-state index in [-0.39, 0.29) is 40.5 Å². The van der Waals surface area contributed by atoms with Crippen LogP contribution in [0.15, 0.2) is 23.4 Å². The van der Waals surface area contributed by atoms with E-state index in [1.165, 1.54) is 0 Å². The number of fused-ring (bicyclic) bond motifs is 4. The normalized spacial score (nSPS) is 51.3. The molecular formula is C32H41NO5. The third kappa shape index (κ3) is 2.48. The Balaban J connectivity index is 1.60. The van der Waals surface area contributed by atoms with E-state index in [1.54, 1.807) is 26.0 Å². The van der Waals surface area contributed by atoms with Gasteiger partial charge in [0, 0.05) is 22.2 Å². The molecule has 1 aliphatic heterocycles. The quantitative estimate of drug-likeness (QED) is 0.360. The molecule has 0 aromatic heterocycles. The van der Waals surface area contributed by atoms with Gasteiger partial charge in [-0.25, -0.2) is 4.85 Å². The number of Topliss-reactive ketones (excluding diaryl/α,β-unsaturated/α-hetero) is 1. The number of hydrogen-bond acceptors (Lipinski definition) is 5. The molecule has 4 fully saturated rings. The van der Waals surface area contributed by atoms with Crippen molar-refractivity contribution in [3.8, 4) is 0 Å². The fraction of sp³-hybridized carbons (Fsp3) is 0.750. The second-order valence-corrected chi connectivity index (χ2v) is 15.1.